The van der Waals surface area contributed by atoms with Crippen molar-refractivity contribution in [2.75, 3.05) is 0 Å². The Balaban J connectivity index is 2.36. The summed E-state index contributed by atoms with van der Waals surface area (Å²) in [4.78, 5) is 11.0. The van der Waals surface area contributed by atoms with Crippen molar-refractivity contribution in [3.8, 4) is 0 Å². The Labute approximate surface area is 103 Å². The van der Waals surface area contributed by atoms with E-state index in [2.05, 4.69) is 10.6 Å². The lowest BCUT2D eigenvalue weighted by molar-refractivity contribution is -0.139. The van der Waals surface area contributed by atoms with Crippen LogP contribution in [0.25, 0.3) is 0 Å². The lowest BCUT2D eigenvalue weighted by atomic mass is 10.0. The highest BCUT2D eigenvalue weighted by molar-refractivity contribution is 7.80. The Morgan fingerprint density at radius 3 is 2.69 bits per heavy atom. The SMILES string of the molecule is O=C(O)C1NC(=S)NC1c1ccccc1Cl. The van der Waals surface area contributed by atoms with E-state index in [4.69, 9.17) is 28.9 Å². The largest absolute Gasteiger partial charge is 0.480 e. The highest BCUT2D eigenvalue weighted by Gasteiger charge is 2.36. The molecule has 16 heavy (non-hydrogen) atoms. The number of hydrogen-bond donors (Lipinski definition) is 3. The number of thiocarbonyl (C=S) groups is 1. The minimum Gasteiger partial charge on any atom is -0.480 e. The third-order valence-corrected chi connectivity index (χ3v) is 2.99. The van der Waals surface area contributed by atoms with Crippen molar-refractivity contribution >= 4 is 34.9 Å². The Morgan fingerprint density at radius 1 is 1.38 bits per heavy atom. The number of carboxylic acid groups (broad SMARTS) is 1. The summed E-state index contributed by atoms with van der Waals surface area (Å²) in [5, 5.41) is 15.5. The molecule has 2 atom stereocenters. The molecular weight excluding hydrogens is 248 g/mol. The van der Waals surface area contributed by atoms with Crippen molar-refractivity contribution in [3.63, 3.8) is 0 Å². The number of nitrogens with one attached hydrogen (secondary N) is 2. The topological polar surface area (TPSA) is 61.4 Å². The second-order valence-corrected chi connectivity index (χ2v) is 4.25. The molecule has 1 aromatic rings. The Morgan fingerprint density at radius 2 is 2.06 bits per heavy atom. The zero-order valence-electron chi connectivity index (χ0n) is 8.11. The van der Waals surface area contributed by atoms with Gasteiger partial charge in [-0.05, 0) is 23.8 Å². The fourth-order valence-electron chi connectivity index (χ4n) is 1.68. The average Bonchev–Trinajstić information content (AvgIpc) is 2.61. The molecule has 1 saturated heterocycles. The van der Waals surface area contributed by atoms with Crippen LogP contribution in [0.2, 0.25) is 5.02 Å². The van der Waals surface area contributed by atoms with Gasteiger partial charge in [-0.2, -0.15) is 0 Å². The summed E-state index contributed by atoms with van der Waals surface area (Å²) in [5.41, 5.74) is 0.726. The van der Waals surface area contributed by atoms with Crippen LogP contribution < -0.4 is 10.6 Å². The van der Waals surface area contributed by atoms with E-state index in [1.165, 1.54) is 0 Å². The highest BCUT2D eigenvalue weighted by Crippen LogP contribution is 2.27. The molecule has 0 aromatic heterocycles. The first-order valence-electron chi connectivity index (χ1n) is 4.64. The van der Waals surface area contributed by atoms with Crippen molar-refractivity contribution in [2.24, 2.45) is 0 Å². The number of carboxylic acids is 1. The van der Waals surface area contributed by atoms with E-state index < -0.39 is 18.1 Å². The maximum Gasteiger partial charge on any atom is 0.328 e. The summed E-state index contributed by atoms with van der Waals surface area (Å²) in [5.74, 6) is -0.961. The van der Waals surface area contributed by atoms with Crippen molar-refractivity contribution in [1.82, 2.24) is 10.6 Å². The molecule has 1 fully saturated rings. The van der Waals surface area contributed by atoms with Gasteiger partial charge in [0.1, 0.15) is 0 Å². The van der Waals surface area contributed by atoms with Crippen molar-refractivity contribution in [1.29, 1.82) is 0 Å². The second-order valence-electron chi connectivity index (χ2n) is 3.43. The van der Waals surface area contributed by atoms with Gasteiger partial charge in [-0.15, -0.1) is 0 Å². The molecule has 1 aliphatic heterocycles. The molecule has 4 nitrogen and oxygen atoms in total. The van der Waals surface area contributed by atoms with E-state index in [0.29, 0.717) is 10.1 Å². The summed E-state index contributed by atoms with van der Waals surface area (Å²) in [7, 11) is 0. The highest BCUT2D eigenvalue weighted by atomic mass is 35.5. The second kappa shape index (κ2) is 4.27. The smallest absolute Gasteiger partial charge is 0.328 e. The third kappa shape index (κ3) is 1.96. The molecule has 1 aliphatic rings. The number of halogens is 1. The molecule has 1 heterocycles. The fourth-order valence-corrected chi connectivity index (χ4v) is 2.19. The van der Waals surface area contributed by atoms with Crippen molar-refractivity contribution in [2.45, 2.75) is 12.1 Å². The van der Waals surface area contributed by atoms with E-state index in [1.807, 2.05) is 6.07 Å². The summed E-state index contributed by atoms with van der Waals surface area (Å²) in [6, 6.07) is 5.89. The summed E-state index contributed by atoms with van der Waals surface area (Å²) in [6.45, 7) is 0. The number of benzene rings is 1. The number of carbonyl (C=O) groups is 1. The number of rotatable bonds is 2. The summed E-state index contributed by atoms with van der Waals surface area (Å²) >= 11 is 10.9. The summed E-state index contributed by atoms with van der Waals surface area (Å²) in [6.07, 6.45) is 0. The molecule has 0 spiro atoms. The lowest BCUT2D eigenvalue weighted by Gasteiger charge is -2.16. The van der Waals surface area contributed by atoms with Gasteiger partial charge in [-0.1, -0.05) is 29.8 Å². The molecule has 0 bridgehead atoms. The van der Waals surface area contributed by atoms with Gasteiger partial charge in [-0.25, -0.2) is 4.79 Å². The van der Waals surface area contributed by atoms with Crippen LogP contribution in [0.4, 0.5) is 0 Å². The molecule has 2 unspecified atom stereocenters. The minimum absolute atomic E-state index is 0.331. The van der Waals surface area contributed by atoms with Gasteiger partial charge in [0.05, 0.1) is 6.04 Å². The van der Waals surface area contributed by atoms with E-state index in [-0.39, 0.29) is 0 Å². The number of hydrogen-bond acceptors (Lipinski definition) is 2. The molecule has 0 radical (unpaired) electrons. The van der Waals surface area contributed by atoms with Crippen molar-refractivity contribution in [3.05, 3.63) is 34.9 Å². The standard InChI is InChI=1S/C10H9ClN2O2S/c11-6-4-2-1-3-5(6)7-8(9(14)15)13-10(16)12-7/h1-4,7-8H,(H,14,15)(H2,12,13,16). The van der Waals surface area contributed by atoms with Gasteiger partial charge in [0.15, 0.2) is 11.2 Å². The van der Waals surface area contributed by atoms with E-state index in [1.54, 1.807) is 18.2 Å². The van der Waals surface area contributed by atoms with Crippen LogP contribution in [0.15, 0.2) is 24.3 Å². The average molecular weight is 257 g/mol. The van der Waals surface area contributed by atoms with Crippen LogP contribution in [0.3, 0.4) is 0 Å². The normalized spacial score (nSPS) is 23.7. The summed E-state index contributed by atoms with van der Waals surface area (Å²) < 4.78 is 0. The Bertz CT molecular complexity index is 452. The molecule has 0 saturated carbocycles. The maximum atomic E-state index is 11.0. The zero-order chi connectivity index (χ0) is 11.7. The van der Waals surface area contributed by atoms with Crippen LogP contribution in [0.5, 0.6) is 0 Å². The van der Waals surface area contributed by atoms with Gasteiger partial charge < -0.3 is 15.7 Å². The van der Waals surface area contributed by atoms with Gasteiger partial charge in [0, 0.05) is 5.02 Å². The van der Waals surface area contributed by atoms with Crippen LogP contribution in [-0.4, -0.2) is 22.2 Å². The molecule has 0 amide bonds. The first-order chi connectivity index (χ1) is 7.59. The van der Waals surface area contributed by atoms with Crippen LogP contribution in [0.1, 0.15) is 11.6 Å². The molecular formula is C10H9ClN2O2S. The predicted molar refractivity (Wildman–Crippen MR) is 64.5 cm³/mol. The van der Waals surface area contributed by atoms with Gasteiger partial charge in [0.2, 0.25) is 0 Å². The Kier molecular flexibility index (Phi) is 2.98. The lowest BCUT2D eigenvalue weighted by Crippen LogP contribution is -2.35. The van der Waals surface area contributed by atoms with E-state index in [9.17, 15) is 4.79 Å². The maximum absolute atomic E-state index is 11.0. The van der Waals surface area contributed by atoms with E-state index in [0.717, 1.165) is 5.56 Å². The fraction of sp³-hybridized carbons (Fsp3) is 0.200. The van der Waals surface area contributed by atoms with Gasteiger partial charge in [-0.3, -0.25) is 0 Å². The molecule has 2 rings (SSSR count). The first kappa shape index (κ1) is 11.2. The van der Waals surface area contributed by atoms with Crippen LogP contribution >= 0.6 is 23.8 Å². The predicted octanol–water partition coefficient (Wildman–Crippen LogP) is 1.31. The molecule has 6 heteroatoms. The quantitative estimate of drug-likeness (QED) is 0.697. The van der Waals surface area contributed by atoms with E-state index >= 15 is 0 Å². The molecule has 3 N–H and O–H groups in total. The zero-order valence-corrected chi connectivity index (χ0v) is 9.68. The van der Waals surface area contributed by atoms with Gasteiger partial charge >= 0.3 is 5.97 Å². The Hall–Kier alpha value is -1.33. The van der Waals surface area contributed by atoms with Crippen LogP contribution in [-0.2, 0) is 4.79 Å². The minimum atomic E-state index is -0.961. The number of aliphatic carboxylic acids is 1. The monoisotopic (exact) mass is 256 g/mol. The molecule has 0 aliphatic carbocycles. The van der Waals surface area contributed by atoms with Gasteiger partial charge in [0.25, 0.3) is 0 Å². The molecule has 84 valence electrons. The van der Waals surface area contributed by atoms with Crippen molar-refractivity contribution < 1.29 is 9.90 Å². The van der Waals surface area contributed by atoms with Crippen LogP contribution in [0, 0.1) is 0 Å². The first-order valence-corrected chi connectivity index (χ1v) is 5.42. The molecule has 1 aromatic carbocycles. The third-order valence-electron chi connectivity index (χ3n) is 2.41.